The molecule has 0 fully saturated rings. The summed E-state index contributed by atoms with van der Waals surface area (Å²) in [4.78, 5) is 11.9. The van der Waals surface area contributed by atoms with Crippen LogP contribution < -0.4 is 14.9 Å². The standard InChI is InChI=1S/C20H19BrN4O3S2/c1-13-23-25-20(30-13)29-12-18(26)24-22-10-15-8-16(21)19(17(9-15)27-2)28-11-14-6-4-3-5-7-14/h3-10H,11-12H2,1-2H3,(H,24,26)/b22-10+. The molecule has 30 heavy (non-hydrogen) atoms. The van der Waals surface area contributed by atoms with Crippen LogP contribution in [0.5, 0.6) is 11.5 Å². The van der Waals surface area contributed by atoms with Crippen LogP contribution in [-0.2, 0) is 11.4 Å². The Labute approximate surface area is 191 Å². The first-order valence-corrected chi connectivity index (χ1v) is 11.4. The number of methoxy groups -OCH3 is 1. The topological polar surface area (TPSA) is 85.7 Å². The van der Waals surface area contributed by atoms with Crippen LogP contribution in [0.25, 0.3) is 0 Å². The van der Waals surface area contributed by atoms with Crippen molar-refractivity contribution in [2.24, 2.45) is 5.10 Å². The number of carbonyl (C=O) groups is 1. The molecule has 0 saturated heterocycles. The van der Waals surface area contributed by atoms with Gasteiger partial charge in [-0.15, -0.1) is 10.2 Å². The number of nitrogens with zero attached hydrogens (tertiary/aromatic N) is 3. The minimum Gasteiger partial charge on any atom is -0.493 e. The number of aromatic nitrogens is 2. The van der Waals surface area contributed by atoms with Gasteiger partial charge in [-0.2, -0.15) is 5.10 Å². The SMILES string of the molecule is COc1cc(/C=N/NC(=O)CSc2nnc(C)s2)cc(Br)c1OCc1ccccc1. The molecule has 1 amide bonds. The minimum atomic E-state index is -0.224. The monoisotopic (exact) mass is 506 g/mol. The molecule has 0 unspecified atom stereocenters. The summed E-state index contributed by atoms with van der Waals surface area (Å²) in [6, 6.07) is 13.5. The van der Waals surface area contributed by atoms with Crippen molar-refractivity contribution in [3.8, 4) is 11.5 Å². The number of hydrazone groups is 1. The molecule has 0 radical (unpaired) electrons. The van der Waals surface area contributed by atoms with E-state index in [0.29, 0.717) is 18.1 Å². The average Bonchev–Trinajstić information content (AvgIpc) is 3.17. The largest absolute Gasteiger partial charge is 0.493 e. The highest BCUT2D eigenvalue weighted by Crippen LogP contribution is 2.36. The first kappa shape index (κ1) is 22.3. The molecule has 0 aliphatic heterocycles. The van der Waals surface area contributed by atoms with Gasteiger partial charge in [-0.05, 0) is 46.1 Å². The van der Waals surface area contributed by atoms with Crippen molar-refractivity contribution in [3.63, 3.8) is 0 Å². The highest BCUT2D eigenvalue weighted by atomic mass is 79.9. The fraction of sp³-hybridized carbons (Fsp3) is 0.200. The lowest BCUT2D eigenvalue weighted by molar-refractivity contribution is -0.118. The third-order valence-corrected chi connectivity index (χ3v) is 6.28. The van der Waals surface area contributed by atoms with E-state index in [2.05, 4.69) is 36.7 Å². The van der Waals surface area contributed by atoms with Crippen molar-refractivity contribution in [2.75, 3.05) is 12.9 Å². The number of hydrogen-bond donors (Lipinski definition) is 1. The molecule has 0 spiro atoms. The van der Waals surface area contributed by atoms with Crippen LogP contribution >= 0.6 is 39.0 Å². The van der Waals surface area contributed by atoms with Gasteiger partial charge >= 0.3 is 0 Å². The molecule has 156 valence electrons. The summed E-state index contributed by atoms with van der Waals surface area (Å²) in [7, 11) is 1.58. The zero-order valence-corrected chi connectivity index (χ0v) is 19.5. The smallest absolute Gasteiger partial charge is 0.250 e. The Bertz CT molecular complexity index is 1030. The Morgan fingerprint density at radius 3 is 2.80 bits per heavy atom. The van der Waals surface area contributed by atoms with Gasteiger partial charge < -0.3 is 9.47 Å². The summed E-state index contributed by atoms with van der Waals surface area (Å²) in [5, 5.41) is 12.8. The summed E-state index contributed by atoms with van der Waals surface area (Å²) in [6.45, 7) is 2.29. The Morgan fingerprint density at radius 1 is 1.30 bits per heavy atom. The van der Waals surface area contributed by atoms with E-state index in [4.69, 9.17) is 9.47 Å². The number of amides is 1. The summed E-state index contributed by atoms with van der Waals surface area (Å²) in [6.07, 6.45) is 1.55. The van der Waals surface area contributed by atoms with Gasteiger partial charge in [0, 0.05) is 0 Å². The fourth-order valence-corrected chi connectivity index (χ4v) is 4.54. The van der Waals surface area contributed by atoms with Crippen LogP contribution in [-0.4, -0.2) is 35.2 Å². The Morgan fingerprint density at radius 2 is 2.10 bits per heavy atom. The molecule has 0 saturated carbocycles. The summed E-state index contributed by atoms with van der Waals surface area (Å²) in [5.41, 5.74) is 4.31. The van der Waals surface area contributed by atoms with Crippen molar-refractivity contribution in [3.05, 3.63) is 63.1 Å². The number of carbonyl (C=O) groups excluding carboxylic acids is 1. The van der Waals surface area contributed by atoms with Gasteiger partial charge in [-0.3, -0.25) is 4.79 Å². The molecular weight excluding hydrogens is 488 g/mol. The number of rotatable bonds is 9. The second kappa shape index (κ2) is 11.1. The molecule has 7 nitrogen and oxygen atoms in total. The Kier molecular flexibility index (Phi) is 8.23. The predicted molar refractivity (Wildman–Crippen MR) is 123 cm³/mol. The number of aryl methyl sites for hydroxylation is 1. The van der Waals surface area contributed by atoms with Gasteiger partial charge in [0.25, 0.3) is 5.91 Å². The van der Waals surface area contributed by atoms with Gasteiger partial charge in [0.2, 0.25) is 0 Å². The van der Waals surface area contributed by atoms with E-state index >= 15 is 0 Å². The molecule has 0 bridgehead atoms. The highest BCUT2D eigenvalue weighted by Gasteiger charge is 2.12. The van der Waals surface area contributed by atoms with Crippen LogP contribution in [0.3, 0.4) is 0 Å². The fourth-order valence-electron chi connectivity index (χ4n) is 2.36. The molecule has 2 aromatic carbocycles. The highest BCUT2D eigenvalue weighted by molar-refractivity contribution is 9.10. The van der Waals surface area contributed by atoms with Gasteiger partial charge in [0.15, 0.2) is 15.8 Å². The lowest BCUT2D eigenvalue weighted by Gasteiger charge is -2.13. The predicted octanol–water partition coefficient (Wildman–Crippen LogP) is 4.44. The molecular formula is C20H19BrN4O3S2. The van der Waals surface area contributed by atoms with Crippen molar-refractivity contribution >= 4 is 51.2 Å². The number of ether oxygens (including phenoxy) is 2. The van der Waals surface area contributed by atoms with Gasteiger partial charge in [0.1, 0.15) is 11.6 Å². The van der Waals surface area contributed by atoms with Crippen LogP contribution in [0.4, 0.5) is 0 Å². The average molecular weight is 507 g/mol. The molecule has 3 aromatic rings. The molecule has 3 rings (SSSR count). The maximum Gasteiger partial charge on any atom is 0.250 e. The molecule has 1 heterocycles. The number of hydrogen-bond acceptors (Lipinski definition) is 8. The van der Waals surface area contributed by atoms with Gasteiger partial charge in [-0.25, -0.2) is 5.43 Å². The molecule has 1 aromatic heterocycles. The quantitative estimate of drug-likeness (QED) is 0.262. The van der Waals surface area contributed by atoms with Crippen LogP contribution in [0.1, 0.15) is 16.1 Å². The van der Waals surface area contributed by atoms with E-state index in [9.17, 15) is 4.79 Å². The maximum absolute atomic E-state index is 11.9. The molecule has 0 aliphatic carbocycles. The normalized spacial score (nSPS) is 10.9. The van der Waals surface area contributed by atoms with Crippen molar-refractivity contribution in [1.82, 2.24) is 15.6 Å². The number of halogens is 1. The van der Waals surface area contributed by atoms with E-state index in [1.54, 1.807) is 19.4 Å². The number of benzene rings is 2. The van der Waals surface area contributed by atoms with Crippen LogP contribution in [0.15, 0.2) is 56.4 Å². The van der Waals surface area contributed by atoms with Crippen LogP contribution in [0.2, 0.25) is 0 Å². The number of nitrogens with one attached hydrogen (secondary N) is 1. The molecule has 10 heteroatoms. The van der Waals surface area contributed by atoms with Crippen molar-refractivity contribution in [1.29, 1.82) is 0 Å². The summed E-state index contributed by atoms with van der Waals surface area (Å²) >= 11 is 6.29. The van der Waals surface area contributed by atoms with E-state index < -0.39 is 0 Å². The number of thioether (sulfide) groups is 1. The van der Waals surface area contributed by atoms with E-state index in [-0.39, 0.29) is 11.7 Å². The van der Waals surface area contributed by atoms with Crippen molar-refractivity contribution < 1.29 is 14.3 Å². The van der Waals surface area contributed by atoms with Crippen LogP contribution in [0, 0.1) is 6.92 Å². The van der Waals surface area contributed by atoms with Crippen molar-refractivity contribution in [2.45, 2.75) is 17.9 Å². The van der Waals surface area contributed by atoms with E-state index in [0.717, 1.165) is 24.9 Å². The van der Waals surface area contributed by atoms with E-state index in [1.807, 2.05) is 43.3 Å². The first-order valence-electron chi connectivity index (χ1n) is 8.84. The first-order chi connectivity index (χ1) is 14.5. The Hall–Kier alpha value is -2.43. The third kappa shape index (κ3) is 6.54. The lowest BCUT2D eigenvalue weighted by atomic mass is 10.2. The lowest BCUT2D eigenvalue weighted by Crippen LogP contribution is -2.19. The third-order valence-electron chi connectivity index (χ3n) is 3.71. The van der Waals surface area contributed by atoms with Gasteiger partial charge in [-0.1, -0.05) is 53.4 Å². The van der Waals surface area contributed by atoms with Gasteiger partial charge in [0.05, 0.1) is 23.5 Å². The molecule has 1 N–H and O–H groups in total. The Balaban J connectivity index is 1.57. The second-order valence-electron chi connectivity index (χ2n) is 5.98. The molecule has 0 atom stereocenters. The zero-order valence-electron chi connectivity index (χ0n) is 16.3. The summed E-state index contributed by atoms with van der Waals surface area (Å²) < 4.78 is 12.9. The van der Waals surface area contributed by atoms with E-state index in [1.165, 1.54) is 23.1 Å². The minimum absolute atomic E-state index is 0.214. The molecule has 0 aliphatic rings. The second-order valence-corrected chi connectivity index (χ2v) is 9.24. The zero-order chi connectivity index (χ0) is 21.3. The maximum atomic E-state index is 11.9. The summed E-state index contributed by atoms with van der Waals surface area (Å²) in [5.74, 6) is 1.16.